The molecule has 104 valence electrons. The minimum Gasteiger partial charge on any atom is -0.478 e. The molecule has 0 aromatic heterocycles. The third-order valence-corrected chi connectivity index (χ3v) is 3.15. The van der Waals surface area contributed by atoms with Crippen LogP contribution in [0.5, 0.6) is 0 Å². The summed E-state index contributed by atoms with van der Waals surface area (Å²) >= 11 is 0. The van der Waals surface area contributed by atoms with E-state index in [9.17, 15) is 14.3 Å². The molecule has 0 fully saturated rings. The van der Waals surface area contributed by atoms with Crippen LogP contribution in [-0.4, -0.2) is 11.1 Å². The first-order chi connectivity index (χ1) is 9.49. The first kappa shape index (κ1) is 14.1. The maximum absolute atomic E-state index is 13.7. The van der Waals surface area contributed by atoms with Crippen LogP contribution in [-0.2, 0) is 0 Å². The predicted octanol–water partition coefficient (Wildman–Crippen LogP) is 4.01. The molecule has 1 atom stereocenters. The van der Waals surface area contributed by atoms with Gasteiger partial charge in [-0.2, -0.15) is 0 Å². The van der Waals surface area contributed by atoms with Crippen LogP contribution in [0.25, 0.3) is 0 Å². The van der Waals surface area contributed by atoms with Crippen LogP contribution >= 0.6 is 0 Å². The fourth-order valence-corrected chi connectivity index (χ4v) is 2.10. The highest BCUT2D eigenvalue weighted by molar-refractivity contribution is 5.94. The lowest BCUT2D eigenvalue weighted by Crippen LogP contribution is -2.12. The highest BCUT2D eigenvalue weighted by Crippen LogP contribution is 2.25. The highest BCUT2D eigenvalue weighted by Gasteiger charge is 2.15. The molecule has 0 bridgehead atoms. The SMILES string of the molecule is Cc1ccc(C(=O)O)c(NC(C)c2ccccc2F)c1. The zero-order chi connectivity index (χ0) is 14.7. The van der Waals surface area contributed by atoms with Gasteiger partial charge in [0.15, 0.2) is 0 Å². The lowest BCUT2D eigenvalue weighted by Gasteiger charge is -2.18. The maximum atomic E-state index is 13.7. The Morgan fingerprint density at radius 1 is 1.25 bits per heavy atom. The smallest absolute Gasteiger partial charge is 0.337 e. The highest BCUT2D eigenvalue weighted by atomic mass is 19.1. The van der Waals surface area contributed by atoms with E-state index in [2.05, 4.69) is 5.32 Å². The van der Waals surface area contributed by atoms with Crippen molar-refractivity contribution in [1.82, 2.24) is 0 Å². The predicted molar refractivity (Wildman–Crippen MR) is 76.6 cm³/mol. The van der Waals surface area contributed by atoms with Crippen LogP contribution in [0.15, 0.2) is 42.5 Å². The largest absolute Gasteiger partial charge is 0.478 e. The molecule has 0 radical (unpaired) electrons. The summed E-state index contributed by atoms with van der Waals surface area (Å²) in [5, 5.41) is 12.2. The summed E-state index contributed by atoms with van der Waals surface area (Å²) < 4.78 is 13.7. The second-order valence-electron chi connectivity index (χ2n) is 4.74. The minimum atomic E-state index is -1.01. The van der Waals surface area contributed by atoms with Crippen molar-refractivity contribution in [2.45, 2.75) is 19.9 Å². The zero-order valence-electron chi connectivity index (χ0n) is 11.4. The van der Waals surface area contributed by atoms with E-state index in [0.717, 1.165) is 5.56 Å². The van der Waals surface area contributed by atoms with Crippen molar-refractivity contribution in [3.63, 3.8) is 0 Å². The Kier molecular flexibility index (Phi) is 4.03. The van der Waals surface area contributed by atoms with Gasteiger partial charge in [0, 0.05) is 11.3 Å². The summed E-state index contributed by atoms with van der Waals surface area (Å²) in [6, 6.07) is 11.2. The van der Waals surface area contributed by atoms with E-state index in [0.29, 0.717) is 11.3 Å². The molecule has 1 unspecified atom stereocenters. The van der Waals surface area contributed by atoms with Crippen LogP contribution in [0, 0.1) is 12.7 Å². The van der Waals surface area contributed by atoms with Crippen LogP contribution < -0.4 is 5.32 Å². The van der Waals surface area contributed by atoms with Gasteiger partial charge < -0.3 is 10.4 Å². The topological polar surface area (TPSA) is 49.3 Å². The van der Waals surface area contributed by atoms with Gasteiger partial charge in [-0.1, -0.05) is 24.3 Å². The summed E-state index contributed by atoms with van der Waals surface area (Å²) in [7, 11) is 0. The Hall–Kier alpha value is -2.36. The fourth-order valence-electron chi connectivity index (χ4n) is 2.10. The van der Waals surface area contributed by atoms with Gasteiger partial charge in [0.2, 0.25) is 0 Å². The molecular formula is C16H16FNO2. The van der Waals surface area contributed by atoms with Crippen molar-refractivity contribution >= 4 is 11.7 Å². The number of carboxylic acids is 1. The number of aromatic carboxylic acids is 1. The van der Waals surface area contributed by atoms with Gasteiger partial charge in [-0.25, -0.2) is 9.18 Å². The van der Waals surface area contributed by atoms with Gasteiger partial charge in [-0.3, -0.25) is 0 Å². The van der Waals surface area contributed by atoms with E-state index in [4.69, 9.17) is 0 Å². The molecule has 2 rings (SSSR count). The van der Waals surface area contributed by atoms with Crippen LogP contribution in [0.2, 0.25) is 0 Å². The number of hydrogen-bond acceptors (Lipinski definition) is 2. The number of carbonyl (C=O) groups is 1. The molecule has 0 spiro atoms. The van der Waals surface area contributed by atoms with Crippen molar-refractivity contribution < 1.29 is 14.3 Å². The summed E-state index contributed by atoms with van der Waals surface area (Å²) in [5.74, 6) is -1.31. The third kappa shape index (κ3) is 2.96. The van der Waals surface area contributed by atoms with E-state index in [1.54, 1.807) is 43.3 Å². The summed E-state index contributed by atoms with van der Waals surface area (Å²) in [6.45, 7) is 3.68. The van der Waals surface area contributed by atoms with Crippen molar-refractivity contribution in [2.24, 2.45) is 0 Å². The number of aryl methyl sites for hydroxylation is 1. The molecule has 2 aromatic rings. The molecule has 2 N–H and O–H groups in total. The average Bonchev–Trinajstić information content (AvgIpc) is 2.38. The second-order valence-corrected chi connectivity index (χ2v) is 4.74. The Bertz CT molecular complexity index is 640. The molecule has 0 amide bonds. The molecule has 0 heterocycles. The van der Waals surface area contributed by atoms with Crippen LogP contribution in [0.1, 0.15) is 34.5 Å². The molecule has 0 aliphatic heterocycles. The Labute approximate surface area is 117 Å². The molecule has 0 saturated carbocycles. The fraction of sp³-hybridized carbons (Fsp3) is 0.188. The van der Waals surface area contributed by atoms with Crippen molar-refractivity contribution in [1.29, 1.82) is 0 Å². The molecule has 3 nitrogen and oxygen atoms in total. The zero-order valence-corrected chi connectivity index (χ0v) is 11.4. The monoisotopic (exact) mass is 273 g/mol. The molecule has 0 aliphatic carbocycles. The molecule has 0 aliphatic rings. The van der Waals surface area contributed by atoms with E-state index < -0.39 is 5.97 Å². The van der Waals surface area contributed by atoms with Crippen molar-refractivity contribution in [2.75, 3.05) is 5.32 Å². The number of hydrogen-bond donors (Lipinski definition) is 2. The second kappa shape index (κ2) is 5.74. The van der Waals surface area contributed by atoms with Gasteiger partial charge in [-0.05, 0) is 37.6 Å². The molecular weight excluding hydrogens is 257 g/mol. The number of nitrogens with one attached hydrogen (secondary N) is 1. The number of carboxylic acid groups (broad SMARTS) is 1. The van der Waals surface area contributed by atoms with Gasteiger partial charge in [0.05, 0.1) is 11.6 Å². The van der Waals surface area contributed by atoms with Crippen molar-refractivity contribution in [3.8, 4) is 0 Å². The van der Waals surface area contributed by atoms with E-state index >= 15 is 0 Å². The molecule has 0 saturated heterocycles. The standard InChI is InChI=1S/C16H16FNO2/c1-10-7-8-13(16(19)20)15(9-10)18-11(2)12-5-3-4-6-14(12)17/h3-9,11,18H,1-2H3,(H,19,20). The average molecular weight is 273 g/mol. The first-order valence-electron chi connectivity index (χ1n) is 6.34. The van der Waals surface area contributed by atoms with Gasteiger partial charge in [-0.15, -0.1) is 0 Å². The number of anilines is 1. The van der Waals surface area contributed by atoms with Crippen LogP contribution in [0.4, 0.5) is 10.1 Å². The Morgan fingerprint density at radius 2 is 1.95 bits per heavy atom. The molecule has 4 heteroatoms. The number of halogens is 1. The summed E-state index contributed by atoms with van der Waals surface area (Å²) in [4.78, 5) is 11.2. The van der Waals surface area contributed by atoms with E-state index in [-0.39, 0.29) is 17.4 Å². The van der Waals surface area contributed by atoms with Crippen molar-refractivity contribution in [3.05, 3.63) is 65.0 Å². The Morgan fingerprint density at radius 3 is 2.60 bits per heavy atom. The normalized spacial score (nSPS) is 11.9. The number of rotatable bonds is 4. The lowest BCUT2D eigenvalue weighted by molar-refractivity contribution is 0.0698. The quantitative estimate of drug-likeness (QED) is 0.885. The lowest BCUT2D eigenvalue weighted by atomic mass is 10.1. The van der Waals surface area contributed by atoms with Crippen LogP contribution in [0.3, 0.4) is 0 Å². The molecule has 2 aromatic carbocycles. The minimum absolute atomic E-state index is 0.179. The van der Waals surface area contributed by atoms with Gasteiger partial charge in [0.25, 0.3) is 0 Å². The van der Waals surface area contributed by atoms with E-state index in [1.807, 2.05) is 6.92 Å². The van der Waals surface area contributed by atoms with E-state index in [1.165, 1.54) is 6.07 Å². The maximum Gasteiger partial charge on any atom is 0.337 e. The third-order valence-electron chi connectivity index (χ3n) is 3.15. The Balaban J connectivity index is 2.32. The summed E-state index contributed by atoms with van der Waals surface area (Å²) in [5.41, 5.74) is 2.12. The number of benzene rings is 2. The first-order valence-corrected chi connectivity index (χ1v) is 6.34. The van der Waals surface area contributed by atoms with Gasteiger partial charge >= 0.3 is 5.97 Å². The summed E-state index contributed by atoms with van der Waals surface area (Å²) in [6.07, 6.45) is 0. The molecule has 20 heavy (non-hydrogen) atoms. The van der Waals surface area contributed by atoms with Gasteiger partial charge in [0.1, 0.15) is 5.82 Å².